The lowest BCUT2D eigenvalue weighted by molar-refractivity contribution is 0.561. The third-order valence-electron chi connectivity index (χ3n) is 1.21. The summed E-state index contributed by atoms with van der Waals surface area (Å²) >= 11 is 0. The number of rotatable bonds is 5. The summed E-state index contributed by atoms with van der Waals surface area (Å²) in [7, 11) is -3.07. The highest BCUT2D eigenvalue weighted by Gasteiger charge is 2.10. The van der Waals surface area contributed by atoms with E-state index in [1.807, 2.05) is 6.92 Å². The first kappa shape index (κ1) is 10.9. The fourth-order valence-electron chi connectivity index (χ4n) is 0.682. The van der Waals surface area contributed by atoms with E-state index in [9.17, 15) is 8.42 Å². The molecule has 0 saturated heterocycles. The number of nitrogens with one attached hydrogen (secondary N) is 1. The summed E-state index contributed by atoms with van der Waals surface area (Å²) < 4.78 is 24.5. The van der Waals surface area contributed by atoms with Crippen molar-refractivity contribution in [3.63, 3.8) is 0 Å². The summed E-state index contributed by atoms with van der Waals surface area (Å²) in [6.45, 7) is 3.91. The average Bonchev–Trinajstić information content (AvgIpc) is 1.86. The summed E-state index contributed by atoms with van der Waals surface area (Å²) in [4.78, 5) is 0. The van der Waals surface area contributed by atoms with Crippen molar-refractivity contribution in [1.29, 1.82) is 0 Å². The Bertz CT molecular complexity index is 189. The van der Waals surface area contributed by atoms with Gasteiger partial charge in [-0.15, -0.1) is 0 Å². The monoisotopic (exact) mass is 180 g/mol. The second-order valence-electron chi connectivity index (χ2n) is 2.57. The number of hydrogen-bond donors (Lipinski definition) is 2. The molecular formula is C6H16N2O2S. The summed E-state index contributed by atoms with van der Waals surface area (Å²) in [5, 5.41) is 0. The van der Waals surface area contributed by atoms with E-state index in [0.717, 1.165) is 0 Å². The standard InChI is InChI=1S/C6H16N2O2S/c1-3-4-11(9,10)8-6(2)5-7/h6,8H,3-5,7H2,1-2H3. The molecule has 5 heteroatoms. The summed E-state index contributed by atoms with van der Waals surface area (Å²) in [6, 6.07) is -0.161. The van der Waals surface area contributed by atoms with Gasteiger partial charge in [-0.05, 0) is 13.3 Å². The van der Waals surface area contributed by atoms with Crippen molar-refractivity contribution in [3.05, 3.63) is 0 Å². The molecule has 0 bridgehead atoms. The van der Waals surface area contributed by atoms with Crippen LogP contribution < -0.4 is 10.5 Å². The van der Waals surface area contributed by atoms with Gasteiger partial charge in [0.2, 0.25) is 10.0 Å². The average molecular weight is 180 g/mol. The van der Waals surface area contributed by atoms with Gasteiger partial charge in [-0.25, -0.2) is 13.1 Å². The molecule has 0 aromatic rings. The Morgan fingerprint density at radius 1 is 1.55 bits per heavy atom. The van der Waals surface area contributed by atoms with Gasteiger partial charge in [-0.2, -0.15) is 0 Å². The summed E-state index contributed by atoms with van der Waals surface area (Å²) in [5.41, 5.74) is 5.25. The molecule has 0 radical (unpaired) electrons. The van der Waals surface area contributed by atoms with Crippen molar-refractivity contribution in [1.82, 2.24) is 4.72 Å². The number of hydrogen-bond acceptors (Lipinski definition) is 3. The predicted octanol–water partition coefficient (Wildman–Crippen LogP) is -0.337. The molecule has 4 nitrogen and oxygen atoms in total. The van der Waals surface area contributed by atoms with Gasteiger partial charge in [0.1, 0.15) is 0 Å². The van der Waals surface area contributed by atoms with Gasteiger partial charge in [-0.3, -0.25) is 0 Å². The minimum absolute atomic E-state index is 0.161. The molecule has 0 spiro atoms. The van der Waals surface area contributed by atoms with Crippen LogP contribution in [0.2, 0.25) is 0 Å². The van der Waals surface area contributed by atoms with Gasteiger partial charge in [0.15, 0.2) is 0 Å². The topological polar surface area (TPSA) is 72.2 Å². The van der Waals surface area contributed by atoms with E-state index < -0.39 is 10.0 Å². The van der Waals surface area contributed by atoms with Crippen LogP contribution in [-0.4, -0.2) is 26.8 Å². The van der Waals surface area contributed by atoms with Crippen molar-refractivity contribution in [2.75, 3.05) is 12.3 Å². The smallest absolute Gasteiger partial charge is 0.211 e. The Morgan fingerprint density at radius 2 is 2.09 bits per heavy atom. The first-order chi connectivity index (χ1) is 5.02. The highest BCUT2D eigenvalue weighted by Crippen LogP contribution is 1.90. The van der Waals surface area contributed by atoms with Crippen LogP contribution in [0.4, 0.5) is 0 Å². The van der Waals surface area contributed by atoms with E-state index in [4.69, 9.17) is 5.73 Å². The van der Waals surface area contributed by atoms with Crippen LogP contribution in [0.5, 0.6) is 0 Å². The fourth-order valence-corrected chi connectivity index (χ4v) is 2.05. The molecular weight excluding hydrogens is 164 g/mol. The zero-order chi connectivity index (χ0) is 8.91. The van der Waals surface area contributed by atoms with Crippen LogP contribution in [-0.2, 0) is 10.0 Å². The molecule has 0 heterocycles. The second-order valence-corrected chi connectivity index (χ2v) is 4.45. The minimum Gasteiger partial charge on any atom is -0.329 e. The van der Waals surface area contributed by atoms with Gasteiger partial charge in [-0.1, -0.05) is 6.92 Å². The van der Waals surface area contributed by atoms with Crippen LogP contribution in [0, 0.1) is 0 Å². The van der Waals surface area contributed by atoms with Gasteiger partial charge in [0.05, 0.1) is 5.75 Å². The molecule has 0 aromatic heterocycles. The molecule has 0 rings (SSSR count). The quantitative estimate of drug-likeness (QED) is 0.608. The molecule has 0 amide bonds. The van der Waals surface area contributed by atoms with Crippen molar-refractivity contribution in [3.8, 4) is 0 Å². The Balaban J connectivity index is 3.92. The Morgan fingerprint density at radius 3 is 2.45 bits per heavy atom. The molecule has 3 N–H and O–H groups in total. The van der Waals surface area contributed by atoms with Gasteiger partial charge in [0, 0.05) is 12.6 Å². The first-order valence-electron chi connectivity index (χ1n) is 3.72. The van der Waals surface area contributed by atoms with Crippen molar-refractivity contribution < 1.29 is 8.42 Å². The zero-order valence-electron chi connectivity index (χ0n) is 7.00. The lowest BCUT2D eigenvalue weighted by atomic mass is 10.4. The van der Waals surface area contributed by atoms with Crippen LogP contribution in [0.1, 0.15) is 20.3 Å². The maximum atomic E-state index is 11.0. The molecule has 68 valence electrons. The van der Waals surface area contributed by atoms with Crippen molar-refractivity contribution in [2.45, 2.75) is 26.3 Å². The largest absolute Gasteiger partial charge is 0.329 e. The SMILES string of the molecule is CCCS(=O)(=O)NC(C)CN. The minimum atomic E-state index is -3.07. The number of nitrogens with two attached hydrogens (primary N) is 1. The molecule has 1 atom stereocenters. The normalized spacial score (nSPS) is 14.8. The van der Waals surface area contributed by atoms with Crippen LogP contribution in [0.15, 0.2) is 0 Å². The van der Waals surface area contributed by atoms with Gasteiger partial charge in [0.25, 0.3) is 0 Å². The van der Waals surface area contributed by atoms with Crippen LogP contribution in [0.25, 0.3) is 0 Å². The summed E-state index contributed by atoms with van der Waals surface area (Å²) in [6.07, 6.45) is 0.632. The molecule has 0 aliphatic heterocycles. The molecule has 1 unspecified atom stereocenters. The third kappa shape index (κ3) is 5.17. The van der Waals surface area contributed by atoms with Crippen LogP contribution in [0.3, 0.4) is 0 Å². The second kappa shape index (κ2) is 4.69. The van der Waals surface area contributed by atoms with E-state index in [-0.39, 0.29) is 11.8 Å². The Hall–Kier alpha value is -0.130. The highest BCUT2D eigenvalue weighted by atomic mass is 32.2. The predicted molar refractivity (Wildman–Crippen MR) is 45.7 cm³/mol. The highest BCUT2D eigenvalue weighted by molar-refractivity contribution is 7.89. The van der Waals surface area contributed by atoms with Crippen molar-refractivity contribution in [2.24, 2.45) is 5.73 Å². The molecule has 0 aliphatic carbocycles. The number of sulfonamides is 1. The van der Waals surface area contributed by atoms with E-state index in [2.05, 4.69) is 4.72 Å². The molecule has 0 aliphatic rings. The lowest BCUT2D eigenvalue weighted by Crippen LogP contribution is -2.38. The fraction of sp³-hybridized carbons (Fsp3) is 1.00. The van der Waals surface area contributed by atoms with E-state index in [0.29, 0.717) is 13.0 Å². The van der Waals surface area contributed by atoms with Crippen LogP contribution >= 0.6 is 0 Å². The molecule has 11 heavy (non-hydrogen) atoms. The molecule has 0 saturated carbocycles. The van der Waals surface area contributed by atoms with Gasteiger partial charge < -0.3 is 5.73 Å². The van der Waals surface area contributed by atoms with E-state index >= 15 is 0 Å². The maximum absolute atomic E-state index is 11.0. The van der Waals surface area contributed by atoms with E-state index in [1.54, 1.807) is 6.92 Å². The summed E-state index contributed by atoms with van der Waals surface area (Å²) in [5.74, 6) is 0.178. The Kier molecular flexibility index (Phi) is 4.63. The lowest BCUT2D eigenvalue weighted by Gasteiger charge is -2.10. The van der Waals surface area contributed by atoms with Gasteiger partial charge >= 0.3 is 0 Å². The molecule has 0 aromatic carbocycles. The first-order valence-corrected chi connectivity index (χ1v) is 5.37. The van der Waals surface area contributed by atoms with Crippen molar-refractivity contribution >= 4 is 10.0 Å². The molecule has 0 fully saturated rings. The third-order valence-corrected chi connectivity index (χ3v) is 2.91. The zero-order valence-corrected chi connectivity index (χ0v) is 7.82. The Labute approximate surface area is 68.2 Å². The maximum Gasteiger partial charge on any atom is 0.211 e. The van der Waals surface area contributed by atoms with E-state index in [1.165, 1.54) is 0 Å².